The van der Waals surface area contributed by atoms with Crippen molar-refractivity contribution < 1.29 is 0 Å². The van der Waals surface area contributed by atoms with Crippen LogP contribution in [0.15, 0.2) is 70.4 Å². The highest BCUT2D eigenvalue weighted by Gasteiger charge is 2.20. The van der Waals surface area contributed by atoms with Crippen molar-refractivity contribution >= 4 is 22.5 Å². The predicted octanol–water partition coefficient (Wildman–Crippen LogP) is 3.41. The molecular formula is C21H18ClN3O2. The van der Waals surface area contributed by atoms with E-state index in [0.717, 1.165) is 21.4 Å². The molecule has 0 saturated heterocycles. The van der Waals surface area contributed by atoms with Crippen molar-refractivity contribution in [2.75, 3.05) is 0 Å². The van der Waals surface area contributed by atoms with Gasteiger partial charge in [0.15, 0.2) is 0 Å². The predicted molar refractivity (Wildman–Crippen MR) is 108 cm³/mol. The van der Waals surface area contributed by atoms with E-state index >= 15 is 0 Å². The lowest BCUT2D eigenvalue weighted by atomic mass is 10.1. The van der Waals surface area contributed by atoms with Gasteiger partial charge >= 0.3 is 5.69 Å². The standard InChI is InChI=1S/C21H18ClN3O2/c1-23-17-13-25(12-14-8-4-3-5-9-14)19(15-10-6-7-11-16(15)22)18(17)20(26)24(2)21(23)27/h3-11,13H,12H2,1-2H3. The molecule has 2 aromatic heterocycles. The minimum Gasteiger partial charge on any atom is -0.340 e. The van der Waals surface area contributed by atoms with Crippen molar-refractivity contribution in [2.24, 2.45) is 14.1 Å². The van der Waals surface area contributed by atoms with Crippen LogP contribution in [0.2, 0.25) is 5.02 Å². The Morgan fingerprint density at radius 1 is 0.889 bits per heavy atom. The van der Waals surface area contributed by atoms with Crippen molar-refractivity contribution in [1.82, 2.24) is 13.7 Å². The molecule has 0 saturated carbocycles. The van der Waals surface area contributed by atoms with E-state index < -0.39 is 0 Å². The monoisotopic (exact) mass is 379 g/mol. The Morgan fingerprint density at radius 2 is 1.56 bits per heavy atom. The summed E-state index contributed by atoms with van der Waals surface area (Å²) in [6, 6.07) is 17.4. The average Bonchev–Trinajstić information content (AvgIpc) is 3.05. The zero-order valence-corrected chi connectivity index (χ0v) is 15.8. The van der Waals surface area contributed by atoms with Gasteiger partial charge < -0.3 is 4.57 Å². The zero-order valence-electron chi connectivity index (χ0n) is 15.0. The van der Waals surface area contributed by atoms with Crippen LogP contribution in [0.4, 0.5) is 0 Å². The lowest BCUT2D eigenvalue weighted by molar-refractivity contribution is 0.714. The Bertz CT molecular complexity index is 1270. The molecule has 0 N–H and O–H groups in total. The van der Waals surface area contributed by atoms with Gasteiger partial charge in [-0.2, -0.15) is 0 Å². The number of hydrogen-bond donors (Lipinski definition) is 0. The molecular weight excluding hydrogens is 362 g/mol. The second kappa shape index (κ2) is 6.59. The molecule has 0 bridgehead atoms. The molecule has 5 nitrogen and oxygen atoms in total. The highest BCUT2D eigenvalue weighted by Crippen LogP contribution is 2.33. The molecule has 0 spiro atoms. The van der Waals surface area contributed by atoms with E-state index in [1.54, 1.807) is 13.1 Å². The summed E-state index contributed by atoms with van der Waals surface area (Å²) in [5.41, 5.74) is 2.49. The summed E-state index contributed by atoms with van der Waals surface area (Å²) in [6.07, 6.45) is 1.85. The van der Waals surface area contributed by atoms with E-state index in [0.29, 0.717) is 22.5 Å². The normalized spacial score (nSPS) is 11.2. The first kappa shape index (κ1) is 17.4. The van der Waals surface area contributed by atoms with Crippen molar-refractivity contribution in [3.63, 3.8) is 0 Å². The molecule has 0 atom stereocenters. The highest BCUT2D eigenvalue weighted by molar-refractivity contribution is 6.33. The molecule has 0 radical (unpaired) electrons. The number of rotatable bonds is 3. The number of benzene rings is 2. The Kier molecular flexibility index (Phi) is 4.24. The van der Waals surface area contributed by atoms with E-state index in [1.807, 2.05) is 59.3 Å². The highest BCUT2D eigenvalue weighted by atomic mass is 35.5. The Hall–Kier alpha value is -3.05. The molecule has 4 rings (SSSR count). The second-order valence-corrected chi connectivity index (χ2v) is 6.94. The minimum atomic E-state index is -0.352. The molecule has 27 heavy (non-hydrogen) atoms. The van der Waals surface area contributed by atoms with Gasteiger partial charge in [0.2, 0.25) is 0 Å². The third kappa shape index (κ3) is 2.80. The number of aromatic nitrogens is 3. The summed E-state index contributed by atoms with van der Waals surface area (Å²) in [5.74, 6) is 0. The fraction of sp³-hybridized carbons (Fsp3) is 0.143. The van der Waals surface area contributed by atoms with Crippen LogP contribution in [0.1, 0.15) is 5.56 Å². The topological polar surface area (TPSA) is 48.9 Å². The van der Waals surface area contributed by atoms with Gasteiger partial charge in [-0.25, -0.2) is 4.79 Å². The number of aryl methyl sites for hydroxylation is 1. The number of fused-ring (bicyclic) bond motifs is 1. The quantitative estimate of drug-likeness (QED) is 0.547. The van der Waals surface area contributed by atoms with Crippen LogP contribution >= 0.6 is 11.6 Å². The van der Waals surface area contributed by atoms with Gasteiger partial charge in [0, 0.05) is 37.4 Å². The summed E-state index contributed by atoms with van der Waals surface area (Å²) in [7, 11) is 3.17. The lowest BCUT2D eigenvalue weighted by Gasteiger charge is -2.11. The molecule has 0 aliphatic carbocycles. The van der Waals surface area contributed by atoms with Gasteiger partial charge in [-0.05, 0) is 11.6 Å². The molecule has 2 heterocycles. The summed E-state index contributed by atoms with van der Waals surface area (Å²) in [4.78, 5) is 25.3. The summed E-state index contributed by atoms with van der Waals surface area (Å²) in [5, 5.41) is 1.05. The first-order valence-electron chi connectivity index (χ1n) is 8.56. The third-order valence-corrected chi connectivity index (χ3v) is 5.17. The van der Waals surface area contributed by atoms with Gasteiger partial charge in [-0.3, -0.25) is 13.9 Å². The van der Waals surface area contributed by atoms with E-state index in [4.69, 9.17) is 11.6 Å². The van der Waals surface area contributed by atoms with Crippen LogP contribution in [-0.4, -0.2) is 13.7 Å². The maximum atomic E-state index is 13.0. The van der Waals surface area contributed by atoms with Crippen LogP contribution in [0.3, 0.4) is 0 Å². The lowest BCUT2D eigenvalue weighted by Crippen LogP contribution is -2.36. The molecule has 136 valence electrons. The molecule has 0 fully saturated rings. The van der Waals surface area contributed by atoms with Crippen molar-refractivity contribution in [2.45, 2.75) is 6.54 Å². The molecule has 6 heteroatoms. The van der Waals surface area contributed by atoms with Crippen molar-refractivity contribution in [3.05, 3.63) is 92.2 Å². The fourth-order valence-electron chi connectivity index (χ4n) is 3.44. The van der Waals surface area contributed by atoms with Crippen LogP contribution in [0.25, 0.3) is 22.2 Å². The fourth-order valence-corrected chi connectivity index (χ4v) is 3.66. The molecule has 0 unspecified atom stereocenters. The molecule has 2 aromatic carbocycles. The van der Waals surface area contributed by atoms with Gasteiger partial charge in [-0.15, -0.1) is 0 Å². The minimum absolute atomic E-state index is 0.324. The molecule has 0 aliphatic heterocycles. The van der Waals surface area contributed by atoms with Crippen molar-refractivity contribution in [1.29, 1.82) is 0 Å². The van der Waals surface area contributed by atoms with Crippen LogP contribution < -0.4 is 11.2 Å². The Labute approximate surface area is 160 Å². The number of hydrogen-bond acceptors (Lipinski definition) is 2. The van der Waals surface area contributed by atoms with Gasteiger partial charge in [0.25, 0.3) is 5.56 Å². The Balaban J connectivity index is 2.11. The SMILES string of the molecule is Cn1c(=O)c2c(-c3ccccc3Cl)n(Cc3ccccc3)cc2n(C)c1=O. The van der Waals surface area contributed by atoms with Gasteiger partial charge in [-0.1, -0.05) is 60.1 Å². The van der Waals surface area contributed by atoms with Crippen LogP contribution in [-0.2, 0) is 20.6 Å². The smallest absolute Gasteiger partial charge is 0.330 e. The number of halogens is 1. The van der Waals surface area contributed by atoms with E-state index in [2.05, 4.69) is 0 Å². The van der Waals surface area contributed by atoms with Gasteiger partial charge in [0.1, 0.15) is 0 Å². The average molecular weight is 380 g/mol. The van der Waals surface area contributed by atoms with Crippen LogP contribution in [0.5, 0.6) is 0 Å². The van der Waals surface area contributed by atoms with Crippen LogP contribution in [0, 0.1) is 0 Å². The van der Waals surface area contributed by atoms with E-state index in [-0.39, 0.29) is 11.2 Å². The zero-order chi connectivity index (χ0) is 19.1. The van der Waals surface area contributed by atoms with E-state index in [9.17, 15) is 9.59 Å². The second-order valence-electron chi connectivity index (χ2n) is 6.54. The van der Waals surface area contributed by atoms with Gasteiger partial charge in [0.05, 0.1) is 16.6 Å². The maximum Gasteiger partial charge on any atom is 0.330 e. The Morgan fingerprint density at radius 3 is 2.26 bits per heavy atom. The van der Waals surface area contributed by atoms with Crippen molar-refractivity contribution in [3.8, 4) is 11.3 Å². The first-order chi connectivity index (χ1) is 13.0. The molecule has 0 amide bonds. The molecule has 0 aliphatic rings. The molecule has 4 aromatic rings. The first-order valence-corrected chi connectivity index (χ1v) is 8.94. The largest absolute Gasteiger partial charge is 0.340 e. The summed E-state index contributed by atoms with van der Waals surface area (Å²) < 4.78 is 4.62. The number of nitrogens with zero attached hydrogens (tertiary/aromatic N) is 3. The summed E-state index contributed by atoms with van der Waals surface area (Å²) >= 11 is 6.46. The van der Waals surface area contributed by atoms with E-state index in [1.165, 1.54) is 11.6 Å². The summed E-state index contributed by atoms with van der Waals surface area (Å²) in [6.45, 7) is 0.563. The third-order valence-electron chi connectivity index (χ3n) is 4.84. The maximum absolute atomic E-state index is 13.0.